The first-order valence-electron chi connectivity index (χ1n) is 12.7. The van der Waals surface area contributed by atoms with Crippen LogP contribution < -0.4 is 10.2 Å². The van der Waals surface area contributed by atoms with Gasteiger partial charge in [0.25, 0.3) is 0 Å². The highest BCUT2D eigenvalue weighted by atomic mass is 32.2. The van der Waals surface area contributed by atoms with Crippen LogP contribution in [0.5, 0.6) is 0 Å². The lowest BCUT2D eigenvalue weighted by Gasteiger charge is -2.23. The van der Waals surface area contributed by atoms with Crippen LogP contribution in [0, 0.1) is 12.7 Å². The number of amidine groups is 1. The molecule has 1 aliphatic heterocycles. The number of rotatable bonds is 6. The van der Waals surface area contributed by atoms with Crippen molar-refractivity contribution in [2.45, 2.75) is 26.1 Å². The summed E-state index contributed by atoms with van der Waals surface area (Å²) in [4.78, 5) is 38.8. The van der Waals surface area contributed by atoms with E-state index in [0.29, 0.717) is 11.9 Å². The summed E-state index contributed by atoms with van der Waals surface area (Å²) in [5.41, 5.74) is 1.42. The van der Waals surface area contributed by atoms with Crippen molar-refractivity contribution in [3.05, 3.63) is 83.6 Å². The van der Waals surface area contributed by atoms with E-state index in [1.807, 2.05) is 26.0 Å². The van der Waals surface area contributed by atoms with Crippen LogP contribution in [-0.4, -0.2) is 49.7 Å². The number of hydrogen-bond donors (Lipinski definition) is 1. The van der Waals surface area contributed by atoms with E-state index in [1.165, 1.54) is 23.4 Å². The predicted molar refractivity (Wildman–Crippen MR) is 153 cm³/mol. The predicted octanol–water partition coefficient (Wildman–Crippen LogP) is 6.17. The number of benzene rings is 2. The number of aliphatic imine (C=N–C) groups is 1. The SMILES string of the molecule is COC(C)c1cc(C)ccc1N1C(=O)CS/C1=N\C(=O)Nc1ccc(-c2ncn(-c3ccc(C(F)(F)F)cn3)n2)cc1F. The van der Waals surface area contributed by atoms with Gasteiger partial charge in [-0.1, -0.05) is 29.5 Å². The molecule has 1 saturated heterocycles. The van der Waals surface area contributed by atoms with Gasteiger partial charge in [0.1, 0.15) is 12.1 Å². The summed E-state index contributed by atoms with van der Waals surface area (Å²) >= 11 is 1.08. The molecule has 2 aromatic heterocycles. The van der Waals surface area contributed by atoms with Gasteiger partial charge in [0, 0.05) is 24.4 Å². The minimum Gasteiger partial charge on any atom is -0.377 e. The fourth-order valence-electron chi connectivity index (χ4n) is 4.19. The van der Waals surface area contributed by atoms with Crippen molar-refractivity contribution < 1.29 is 31.9 Å². The summed E-state index contributed by atoms with van der Waals surface area (Å²) in [6.07, 6.45) is -2.95. The smallest absolute Gasteiger partial charge is 0.377 e. The second-order valence-electron chi connectivity index (χ2n) is 9.39. The second-order valence-corrected chi connectivity index (χ2v) is 10.3. The molecule has 0 bridgehead atoms. The molecular formula is C28H23F4N7O3S. The molecule has 0 aliphatic carbocycles. The van der Waals surface area contributed by atoms with Crippen LogP contribution in [0.4, 0.5) is 33.7 Å². The number of pyridine rings is 1. The number of methoxy groups -OCH3 is 1. The van der Waals surface area contributed by atoms with E-state index < -0.39 is 23.6 Å². The Labute approximate surface area is 246 Å². The lowest BCUT2D eigenvalue weighted by atomic mass is 10.0. The van der Waals surface area contributed by atoms with E-state index in [-0.39, 0.29) is 45.8 Å². The molecule has 0 spiro atoms. The number of urea groups is 1. The number of amides is 3. The van der Waals surface area contributed by atoms with Crippen LogP contribution in [0.3, 0.4) is 0 Å². The van der Waals surface area contributed by atoms with E-state index in [0.717, 1.165) is 45.8 Å². The number of aromatic nitrogens is 4. The van der Waals surface area contributed by atoms with Crippen LogP contribution in [0.15, 0.2) is 66.0 Å². The van der Waals surface area contributed by atoms with Crippen molar-refractivity contribution in [1.82, 2.24) is 19.7 Å². The Morgan fingerprint density at radius 1 is 1.14 bits per heavy atom. The van der Waals surface area contributed by atoms with Crippen LogP contribution in [-0.2, 0) is 15.7 Å². The maximum atomic E-state index is 15.0. The first-order valence-corrected chi connectivity index (χ1v) is 13.7. The largest absolute Gasteiger partial charge is 0.417 e. The van der Waals surface area contributed by atoms with Crippen molar-refractivity contribution in [3.8, 4) is 17.2 Å². The van der Waals surface area contributed by atoms with Crippen molar-refractivity contribution in [2.24, 2.45) is 4.99 Å². The minimum atomic E-state index is -4.53. The number of carbonyl (C=O) groups is 2. The van der Waals surface area contributed by atoms with Gasteiger partial charge >= 0.3 is 12.2 Å². The van der Waals surface area contributed by atoms with E-state index in [2.05, 4.69) is 25.4 Å². The van der Waals surface area contributed by atoms with Crippen LogP contribution in [0.25, 0.3) is 17.2 Å². The first-order chi connectivity index (χ1) is 20.4. The van der Waals surface area contributed by atoms with Gasteiger partial charge in [-0.15, -0.1) is 5.10 Å². The molecule has 3 amide bonds. The average Bonchev–Trinajstić information content (AvgIpc) is 3.60. The Balaban J connectivity index is 1.33. The molecule has 2 aromatic carbocycles. The zero-order chi connectivity index (χ0) is 30.9. The van der Waals surface area contributed by atoms with Crippen LogP contribution in [0.2, 0.25) is 0 Å². The molecular weight excluding hydrogens is 590 g/mol. The molecule has 222 valence electrons. The van der Waals surface area contributed by atoms with Gasteiger partial charge in [-0.05, 0) is 50.2 Å². The number of carbonyl (C=O) groups excluding carboxylic acids is 2. The quantitative estimate of drug-likeness (QED) is 0.259. The number of thioether (sulfide) groups is 1. The number of nitrogens with zero attached hydrogens (tertiary/aromatic N) is 6. The van der Waals surface area contributed by atoms with Crippen molar-refractivity contribution in [3.63, 3.8) is 0 Å². The molecule has 0 saturated carbocycles. The Kier molecular flexibility index (Phi) is 8.28. The summed E-state index contributed by atoms with van der Waals surface area (Å²) < 4.78 is 60.0. The number of hydrogen-bond acceptors (Lipinski definition) is 7. The van der Waals surface area contributed by atoms with Gasteiger partial charge < -0.3 is 10.1 Å². The maximum Gasteiger partial charge on any atom is 0.417 e. The molecule has 15 heteroatoms. The fourth-order valence-corrected chi connectivity index (χ4v) is 5.05. The van der Waals surface area contributed by atoms with Crippen LogP contribution in [0.1, 0.15) is 29.7 Å². The third-order valence-electron chi connectivity index (χ3n) is 6.45. The molecule has 43 heavy (non-hydrogen) atoms. The Morgan fingerprint density at radius 2 is 1.93 bits per heavy atom. The average molecular weight is 614 g/mol. The zero-order valence-corrected chi connectivity index (χ0v) is 23.7. The molecule has 3 heterocycles. The minimum absolute atomic E-state index is 0.0749. The summed E-state index contributed by atoms with van der Waals surface area (Å²) in [6.45, 7) is 3.75. The number of ether oxygens (including phenoxy) is 1. The van der Waals surface area contributed by atoms with E-state index in [9.17, 15) is 27.2 Å². The molecule has 1 aliphatic rings. The van der Waals surface area contributed by atoms with Gasteiger partial charge in [0.05, 0.1) is 28.8 Å². The zero-order valence-electron chi connectivity index (χ0n) is 22.9. The van der Waals surface area contributed by atoms with Crippen molar-refractivity contribution in [2.75, 3.05) is 23.1 Å². The lowest BCUT2D eigenvalue weighted by molar-refractivity contribution is -0.137. The molecule has 1 atom stereocenters. The van der Waals surface area contributed by atoms with Gasteiger partial charge in [0.15, 0.2) is 16.8 Å². The van der Waals surface area contributed by atoms with E-state index in [4.69, 9.17) is 4.74 Å². The van der Waals surface area contributed by atoms with Gasteiger partial charge in [-0.25, -0.2) is 23.8 Å². The highest BCUT2D eigenvalue weighted by Crippen LogP contribution is 2.35. The molecule has 1 fully saturated rings. The third-order valence-corrected chi connectivity index (χ3v) is 7.37. The third kappa shape index (κ3) is 6.41. The summed E-state index contributed by atoms with van der Waals surface area (Å²) in [6, 6.07) is 10.4. The molecule has 1 unspecified atom stereocenters. The molecule has 10 nitrogen and oxygen atoms in total. The fraction of sp³-hybridized carbons (Fsp3) is 0.214. The molecule has 1 N–H and O–H groups in total. The number of anilines is 2. The monoisotopic (exact) mass is 613 g/mol. The first kappa shape index (κ1) is 29.8. The van der Waals surface area contributed by atoms with Crippen LogP contribution >= 0.6 is 11.8 Å². The van der Waals surface area contributed by atoms with Crippen molar-refractivity contribution in [1.29, 1.82) is 0 Å². The molecule has 5 rings (SSSR count). The highest BCUT2D eigenvalue weighted by Gasteiger charge is 2.33. The summed E-state index contributed by atoms with van der Waals surface area (Å²) in [7, 11) is 1.55. The Bertz CT molecular complexity index is 1720. The van der Waals surface area contributed by atoms with Gasteiger partial charge in [-0.3, -0.25) is 9.69 Å². The van der Waals surface area contributed by atoms with E-state index in [1.54, 1.807) is 13.2 Å². The topological polar surface area (TPSA) is 115 Å². The molecule has 4 aromatic rings. The van der Waals surface area contributed by atoms with Gasteiger partial charge in [-0.2, -0.15) is 18.2 Å². The lowest BCUT2D eigenvalue weighted by Crippen LogP contribution is -2.31. The van der Waals surface area contributed by atoms with Crippen molar-refractivity contribution >= 4 is 40.2 Å². The standard InChI is InChI=1S/C28H23F4N7O3S/c1-15-4-8-22(19(10-15)16(2)42-3)39-24(40)13-43-27(39)36-26(41)35-21-7-5-17(11-20(21)29)25-34-14-38(37-25)23-9-6-18(12-33-23)28(30,31)32/h4-12,14,16H,13H2,1-3H3,(H,35,41)/b36-27-. The summed E-state index contributed by atoms with van der Waals surface area (Å²) in [5, 5.41) is 6.68. The maximum absolute atomic E-state index is 15.0. The number of nitrogens with one attached hydrogen (secondary N) is 1. The molecule has 0 radical (unpaired) electrons. The van der Waals surface area contributed by atoms with E-state index >= 15 is 0 Å². The highest BCUT2D eigenvalue weighted by molar-refractivity contribution is 8.15. The number of aryl methyl sites for hydroxylation is 1. The summed E-state index contributed by atoms with van der Waals surface area (Å²) in [5.74, 6) is -0.835. The number of halogens is 4. The van der Waals surface area contributed by atoms with Gasteiger partial charge in [0.2, 0.25) is 5.91 Å². The Hall–Kier alpha value is -4.63. The Morgan fingerprint density at radius 3 is 2.60 bits per heavy atom. The second kappa shape index (κ2) is 11.9. The number of alkyl halides is 3. The normalized spacial score (nSPS) is 15.3.